The summed E-state index contributed by atoms with van der Waals surface area (Å²) in [4.78, 5) is 20.3. The van der Waals surface area contributed by atoms with Gasteiger partial charge in [-0.1, -0.05) is 30.3 Å². The molecule has 0 atom stereocenters. The van der Waals surface area contributed by atoms with E-state index in [0.717, 1.165) is 20.3 Å². The minimum atomic E-state index is -0.0647. The number of fused-ring (bicyclic) bond motifs is 2. The molecule has 102 valence electrons. The molecule has 4 nitrogen and oxygen atoms in total. The number of H-pyrrole nitrogens is 1. The van der Waals surface area contributed by atoms with Gasteiger partial charge in [0.15, 0.2) is 0 Å². The van der Waals surface area contributed by atoms with Gasteiger partial charge in [0, 0.05) is 10.9 Å². The first-order valence-electron chi connectivity index (χ1n) is 6.49. The summed E-state index contributed by atoms with van der Waals surface area (Å²) in [6.45, 7) is 0. The van der Waals surface area contributed by atoms with E-state index in [0.29, 0.717) is 10.9 Å². The van der Waals surface area contributed by atoms with Gasteiger partial charge < -0.3 is 4.98 Å². The van der Waals surface area contributed by atoms with E-state index >= 15 is 0 Å². The second-order valence-electron chi connectivity index (χ2n) is 4.77. The van der Waals surface area contributed by atoms with Crippen molar-refractivity contribution in [3.8, 4) is 5.82 Å². The van der Waals surface area contributed by atoms with E-state index < -0.39 is 0 Å². The predicted octanol–water partition coefficient (Wildman–Crippen LogP) is 3.47. The summed E-state index contributed by atoms with van der Waals surface area (Å²) in [5.41, 5.74) is 1.66. The number of benzene rings is 2. The zero-order chi connectivity index (χ0) is 14.4. The number of rotatable bonds is 1. The normalized spacial score (nSPS) is 11.3. The van der Waals surface area contributed by atoms with Crippen LogP contribution in [0, 0.1) is 3.57 Å². The van der Waals surface area contributed by atoms with Crippen LogP contribution >= 0.6 is 22.6 Å². The third-order valence-electron chi connectivity index (χ3n) is 3.53. The zero-order valence-corrected chi connectivity index (χ0v) is 13.0. The fourth-order valence-corrected chi connectivity index (χ4v) is 3.35. The van der Waals surface area contributed by atoms with Crippen LogP contribution in [-0.4, -0.2) is 14.5 Å². The smallest absolute Gasteiger partial charge is 0.266 e. The lowest BCUT2D eigenvalue weighted by molar-refractivity contribution is 0.930. The fraction of sp³-hybridized carbons (Fsp3) is 0. The minimum Gasteiger partial charge on any atom is -0.340 e. The van der Waals surface area contributed by atoms with Crippen LogP contribution in [0.4, 0.5) is 0 Å². The number of nitrogens with one attached hydrogen (secondary N) is 1. The quantitative estimate of drug-likeness (QED) is 0.509. The van der Waals surface area contributed by atoms with Crippen molar-refractivity contribution >= 4 is 44.4 Å². The number of nitrogens with zero attached hydrogens (tertiary/aromatic N) is 2. The highest BCUT2D eigenvalue weighted by Crippen LogP contribution is 2.25. The maximum atomic E-state index is 12.7. The van der Waals surface area contributed by atoms with Crippen molar-refractivity contribution in [3.63, 3.8) is 0 Å². The average molecular weight is 387 g/mol. The van der Waals surface area contributed by atoms with Gasteiger partial charge in [0.1, 0.15) is 12.1 Å². The molecule has 1 N–H and O–H groups in total. The molecule has 2 aromatic carbocycles. The van der Waals surface area contributed by atoms with E-state index in [1.165, 1.54) is 0 Å². The maximum absolute atomic E-state index is 12.7. The molecule has 0 aliphatic rings. The molecular formula is C16H10IN3O. The lowest BCUT2D eigenvalue weighted by Crippen LogP contribution is -2.19. The summed E-state index contributed by atoms with van der Waals surface area (Å²) in [5, 5.41) is 1.72. The molecule has 0 aliphatic carbocycles. The van der Waals surface area contributed by atoms with Gasteiger partial charge in [-0.15, -0.1) is 0 Å². The summed E-state index contributed by atoms with van der Waals surface area (Å²) >= 11 is 2.26. The summed E-state index contributed by atoms with van der Waals surface area (Å²) in [6.07, 6.45) is 1.58. The molecule has 4 rings (SSSR count). The topological polar surface area (TPSA) is 50.7 Å². The van der Waals surface area contributed by atoms with Gasteiger partial charge in [-0.05, 0) is 40.8 Å². The van der Waals surface area contributed by atoms with Crippen molar-refractivity contribution in [2.75, 3.05) is 0 Å². The standard InChI is InChI=1S/C16H10IN3O/c17-14-10-5-1-4-8-13(10)19-15(14)20-9-18-12-7-3-2-6-11(12)16(20)21/h1-9,19H. The Hall–Kier alpha value is -2.15. The maximum Gasteiger partial charge on any atom is 0.266 e. The van der Waals surface area contributed by atoms with Crippen molar-refractivity contribution in [2.45, 2.75) is 0 Å². The molecule has 0 saturated heterocycles. The van der Waals surface area contributed by atoms with Crippen molar-refractivity contribution in [1.29, 1.82) is 0 Å². The van der Waals surface area contributed by atoms with Crippen molar-refractivity contribution in [2.24, 2.45) is 0 Å². The van der Waals surface area contributed by atoms with Gasteiger partial charge in [-0.3, -0.25) is 9.36 Å². The number of aromatic amines is 1. The molecule has 0 unspecified atom stereocenters. The number of hydrogen-bond donors (Lipinski definition) is 1. The first-order valence-corrected chi connectivity index (χ1v) is 7.56. The minimum absolute atomic E-state index is 0.0647. The van der Waals surface area contributed by atoms with Crippen LogP contribution in [0.2, 0.25) is 0 Å². The second-order valence-corrected chi connectivity index (χ2v) is 5.85. The van der Waals surface area contributed by atoms with Crippen LogP contribution in [-0.2, 0) is 0 Å². The highest BCUT2D eigenvalue weighted by atomic mass is 127. The van der Waals surface area contributed by atoms with E-state index in [9.17, 15) is 4.79 Å². The Bertz CT molecular complexity index is 1030. The Morgan fingerprint density at radius 3 is 2.52 bits per heavy atom. The third-order valence-corrected chi connectivity index (χ3v) is 4.62. The molecule has 0 fully saturated rings. The molecule has 5 heteroatoms. The second kappa shape index (κ2) is 4.70. The van der Waals surface area contributed by atoms with E-state index in [1.807, 2.05) is 42.5 Å². The van der Waals surface area contributed by atoms with Crippen molar-refractivity contribution in [1.82, 2.24) is 14.5 Å². The lowest BCUT2D eigenvalue weighted by atomic mass is 10.2. The third kappa shape index (κ3) is 1.88. The van der Waals surface area contributed by atoms with Crippen LogP contribution < -0.4 is 5.56 Å². The molecule has 0 spiro atoms. The van der Waals surface area contributed by atoms with E-state index in [-0.39, 0.29) is 5.56 Å². The molecule has 21 heavy (non-hydrogen) atoms. The molecule has 4 aromatic rings. The molecule has 2 heterocycles. The predicted molar refractivity (Wildman–Crippen MR) is 91.9 cm³/mol. The fourth-order valence-electron chi connectivity index (χ4n) is 2.49. The first kappa shape index (κ1) is 12.6. The van der Waals surface area contributed by atoms with Crippen LogP contribution in [0.3, 0.4) is 0 Å². The largest absolute Gasteiger partial charge is 0.340 e. The Morgan fingerprint density at radius 2 is 1.71 bits per heavy atom. The molecule has 0 radical (unpaired) electrons. The van der Waals surface area contributed by atoms with Gasteiger partial charge >= 0.3 is 0 Å². The van der Waals surface area contributed by atoms with E-state index in [1.54, 1.807) is 17.0 Å². The Balaban J connectivity index is 2.07. The average Bonchev–Trinajstić information content (AvgIpc) is 2.85. The number of hydrogen-bond acceptors (Lipinski definition) is 2. The van der Waals surface area contributed by atoms with Crippen LogP contribution in [0.5, 0.6) is 0 Å². The first-order chi connectivity index (χ1) is 10.3. The molecule has 0 saturated carbocycles. The molecule has 2 aromatic heterocycles. The number of aromatic nitrogens is 3. The van der Waals surface area contributed by atoms with Gasteiger partial charge in [0.25, 0.3) is 5.56 Å². The summed E-state index contributed by atoms with van der Waals surface area (Å²) in [7, 11) is 0. The molecule has 0 amide bonds. The SMILES string of the molecule is O=c1c2ccccc2ncn1-c1[nH]c2ccccc2c1I. The van der Waals surface area contributed by atoms with Gasteiger partial charge in [-0.2, -0.15) is 0 Å². The Labute approximate surface area is 133 Å². The van der Waals surface area contributed by atoms with Crippen molar-refractivity contribution < 1.29 is 0 Å². The van der Waals surface area contributed by atoms with Gasteiger partial charge in [-0.25, -0.2) is 4.98 Å². The van der Waals surface area contributed by atoms with Gasteiger partial charge in [0.05, 0.1) is 14.5 Å². The molecule has 0 aliphatic heterocycles. The van der Waals surface area contributed by atoms with Crippen LogP contribution in [0.15, 0.2) is 59.7 Å². The van der Waals surface area contributed by atoms with E-state index in [4.69, 9.17) is 0 Å². The summed E-state index contributed by atoms with van der Waals surface area (Å²) in [5.74, 6) is 0.764. The zero-order valence-electron chi connectivity index (χ0n) is 10.9. The highest BCUT2D eigenvalue weighted by Gasteiger charge is 2.13. The summed E-state index contributed by atoms with van der Waals surface area (Å²) < 4.78 is 2.59. The molecular weight excluding hydrogens is 377 g/mol. The van der Waals surface area contributed by atoms with Crippen molar-refractivity contribution in [3.05, 3.63) is 68.8 Å². The van der Waals surface area contributed by atoms with Crippen LogP contribution in [0.1, 0.15) is 0 Å². The van der Waals surface area contributed by atoms with Gasteiger partial charge in [0.2, 0.25) is 0 Å². The lowest BCUT2D eigenvalue weighted by Gasteiger charge is -2.05. The monoisotopic (exact) mass is 387 g/mol. The highest BCUT2D eigenvalue weighted by molar-refractivity contribution is 14.1. The summed E-state index contributed by atoms with van der Waals surface area (Å²) in [6, 6.07) is 15.4. The Morgan fingerprint density at radius 1 is 1.00 bits per heavy atom. The van der Waals surface area contributed by atoms with Crippen LogP contribution in [0.25, 0.3) is 27.6 Å². The number of halogens is 1. The number of para-hydroxylation sites is 2. The molecule has 0 bridgehead atoms. The Kier molecular flexibility index (Phi) is 2.81. The van der Waals surface area contributed by atoms with E-state index in [2.05, 4.69) is 32.6 Å².